The molecule has 3 nitrogen and oxygen atoms in total. The van der Waals surface area contributed by atoms with E-state index in [1.54, 1.807) is 0 Å². The van der Waals surface area contributed by atoms with E-state index in [0.717, 1.165) is 39.3 Å². The summed E-state index contributed by atoms with van der Waals surface area (Å²) in [5, 5.41) is 1.82. The van der Waals surface area contributed by atoms with Gasteiger partial charge in [0.1, 0.15) is 0 Å². The molecule has 96 valence electrons. The third-order valence-corrected chi connectivity index (χ3v) is 4.54. The Hall–Kier alpha value is -1.00. The van der Waals surface area contributed by atoms with Gasteiger partial charge in [0.2, 0.25) is 0 Å². The van der Waals surface area contributed by atoms with Crippen LogP contribution in [-0.4, -0.2) is 48.2 Å². The summed E-state index contributed by atoms with van der Waals surface area (Å²) in [5.74, 6) is 0. The van der Waals surface area contributed by atoms with Gasteiger partial charge < -0.3 is 9.64 Å². The van der Waals surface area contributed by atoms with Crippen LogP contribution < -0.4 is 0 Å². The monoisotopic (exact) mass is 262 g/mol. The normalized spacial score (nSPS) is 24.1. The van der Waals surface area contributed by atoms with Crippen LogP contribution in [-0.2, 0) is 11.2 Å². The molecule has 2 aliphatic heterocycles. The van der Waals surface area contributed by atoms with E-state index in [1.807, 2.05) is 11.8 Å². The topological polar surface area (TPSA) is 24.8 Å². The summed E-state index contributed by atoms with van der Waals surface area (Å²) in [6, 6.07) is 10.7. The van der Waals surface area contributed by atoms with Crippen LogP contribution in [0.1, 0.15) is 5.56 Å². The predicted octanol–water partition coefficient (Wildman–Crippen LogP) is 2.03. The van der Waals surface area contributed by atoms with Gasteiger partial charge in [-0.1, -0.05) is 42.1 Å². The molecule has 1 saturated heterocycles. The highest BCUT2D eigenvalue weighted by Gasteiger charge is 2.25. The SMILES string of the molecule is c1ccc(CC2CN=C(N3CCOCC3)S2)cc1. The maximum absolute atomic E-state index is 5.38. The summed E-state index contributed by atoms with van der Waals surface area (Å²) in [6.07, 6.45) is 1.11. The summed E-state index contributed by atoms with van der Waals surface area (Å²) < 4.78 is 5.38. The number of benzene rings is 1. The summed E-state index contributed by atoms with van der Waals surface area (Å²) >= 11 is 1.93. The Bertz CT molecular complexity index is 415. The third kappa shape index (κ3) is 2.87. The van der Waals surface area contributed by atoms with Crippen molar-refractivity contribution in [2.45, 2.75) is 11.7 Å². The molecule has 1 atom stereocenters. The smallest absolute Gasteiger partial charge is 0.159 e. The van der Waals surface area contributed by atoms with Crippen molar-refractivity contribution in [2.75, 3.05) is 32.8 Å². The van der Waals surface area contributed by atoms with E-state index >= 15 is 0 Å². The van der Waals surface area contributed by atoms with Crippen LogP contribution >= 0.6 is 11.8 Å². The van der Waals surface area contributed by atoms with Gasteiger partial charge in [-0.2, -0.15) is 0 Å². The van der Waals surface area contributed by atoms with Gasteiger partial charge in [0, 0.05) is 18.3 Å². The fraction of sp³-hybridized carbons (Fsp3) is 0.500. The molecular formula is C14H18N2OS. The second-order valence-electron chi connectivity index (χ2n) is 4.65. The molecule has 0 N–H and O–H groups in total. The van der Waals surface area contributed by atoms with Crippen molar-refractivity contribution in [3.8, 4) is 0 Å². The molecule has 0 radical (unpaired) electrons. The number of amidine groups is 1. The molecule has 1 aromatic rings. The van der Waals surface area contributed by atoms with E-state index in [9.17, 15) is 0 Å². The van der Waals surface area contributed by atoms with E-state index in [1.165, 1.54) is 10.7 Å². The summed E-state index contributed by atoms with van der Waals surface area (Å²) in [6.45, 7) is 4.60. The first-order valence-electron chi connectivity index (χ1n) is 6.49. The van der Waals surface area contributed by atoms with Crippen molar-refractivity contribution in [3.63, 3.8) is 0 Å². The van der Waals surface area contributed by atoms with E-state index < -0.39 is 0 Å². The molecule has 0 bridgehead atoms. The number of aliphatic imine (C=N–C) groups is 1. The van der Waals surface area contributed by atoms with Crippen molar-refractivity contribution in [2.24, 2.45) is 4.99 Å². The Labute approximate surface area is 112 Å². The minimum absolute atomic E-state index is 0.602. The molecule has 0 aromatic heterocycles. The molecule has 2 heterocycles. The van der Waals surface area contributed by atoms with Crippen molar-refractivity contribution in [1.82, 2.24) is 4.90 Å². The molecule has 0 amide bonds. The van der Waals surface area contributed by atoms with Crippen LogP contribution in [0, 0.1) is 0 Å². The minimum Gasteiger partial charge on any atom is -0.378 e. The number of rotatable bonds is 2. The molecule has 1 aromatic carbocycles. The number of morpholine rings is 1. The maximum atomic E-state index is 5.38. The molecule has 18 heavy (non-hydrogen) atoms. The van der Waals surface area contributed by atoms with Crippen molar-refractivity contribution in [3.05, 3.63) is 35.9 Å². The Balaban J connectivity index is 1.54. The Morgan fingerprint density at radius 1 is 1.22 bits per heavy atom. The molecule has 0 spiro atoms. The zero-order chi connectivity index (χ0) is 12.2. The highest BCUT2D eigenvalue weighted by Crippen LogP contribution is 2.26. The number of ether oxygens (including phenoxy) is 1. The van der Waals surface area contributed by atoms with E-state index in [-0.39, 0.29) is 0 Å². The van der Waals surface area contributed by atoms with Crippen LogP contribution in [0.5, 0.6) is 0 Å². The third-order valence-electron chi connectivity index (χ3n) is 3.29. The lowest BCUT2D eigenvalue weighted by molar-refractivity contribution is 0.0693. The first-order chi connectivity index (χ1) is 8.92. The van der Waals surface area contributed by atoms with Gasteiger partial charge in [-0.25, -0.2) is 0 Å². The summed E-state index contributed by atoms with van der Waals surface area (Å²) in [4.78, 5) is 7.05. The highest BCUT2D eigenvalue weighted by atomic mass is 32.2. The van der Waals surface area contributed by atoms with Crippen molar-refractivity contribution in [1.29, 1.82) is 0 Å². The molecule has 1 fully saturated rings. The lowest BCUT2D eigenvalue weighted by atomic mass is 10.1. The highest BCUT2D eigenvalue weighted by molar-refractivity contribution is 8.14. The summed E-state index contributed by atoms with van der Waals surface area (Å²) in [7, 11) is 0. The largest absolute Gasteiger partial charge is 0.378 e. The molecule has 4 heteroatoms. The van der Waals surface area contributed by atoms with Crippen LogP contribution in [0.15, 0.2) is 35.3 Å². The summed E-state index contributed by atoms with van der Waals surface area (Å²) in [5.41, 5.74) is 1.41. The van der Waals surface area contributed by atoms with Gasteiger partial charge >= 0.3 is 0 Å². The number of thioether (sulfide) groups is 1. The quantitative estimate of drug-likeness (QED) is 0.815. The predicted molar refractivity (Wildman–Crippen MR) is 76.2 cm³/mol. The molecule has 0 saturated carbocycles. The lowest BCUT2D eigenvalue weighted by Crippen LogP contribution is -2.39. The first-order valence-corrected chi connectivity index (χ1v) is 7.37. The first kappa shape index (κ1) is 12.1. The molecule has 2 aliphatic rings. The Morgan fingerprint density at radius 3 is 2.78 bits per heavy atom. The fourth-order valence-electron chi connectivity index (χ4n) is 2.32. The second-order valence-corrected chi connectivity index (χ2v) is 5.92. The molecule has 3 rings (SSSR count). The van der Waals surface area contributed by atoms with Crippen LogP contribution in [0.2, 0.25) is 0 Å². The van der Waals surface area contributed by atoms with E-state index in [4.69, 9.17) is 4.74 Å². The minimum atomic E-state index is 0.602. The zero-order valence-corrected chi connectivity index (χ0v) is 11.2. The van der Waals surface area contributed by atoms with Gasteiger partial charge in [-0.05, 0) is 12.0 Å². The Morgan fingerprint density at radius 2 is 2.00 bits per heavy atom. The average molecular weight is 262 g/mol. The van der Waals surface area contributed by atoms with Crippen LogP contribution in [0.25, 0.3) is 0 Å². The maximum Gasteiger partial charge on any atom is 0.159 e. The number of nitrogens with zero attached hydrogens (tertiary/aromatic N) is 2. The fourth-order valence-corrected chi connectivity index (χ4v) is 3.52. The second kappa shape index (κ2) is 5.76. The van der Waals surface area contributed by atoms with Gasteiger partial charge in [0.25, 0.3) is 0 Å². The molecule has 0 aliphatic carbocycles. The standard InChI is InChI=1S/C14H18N2OS/c1-2-4-12(5-3-1)10-13-11-15-14(18-13)16-6-8-17-9-7-16/h1-5,13H,6-11H2. The number of hydrogen-bond donors (Lipinski definition) is 0. The Kier molecular flexibility index (Phi) is 3.86. The van der Waals surface area contributed by atoms with Gasteiger partial charge in [0.05, 0.1) is 19.8 Å². The van der Waals surface area contributed by atoms with Crippen LogP contribution in [0.4, 0.5) is 0 Å². The zero-order valence-electron chi connectivity index (χ0n) is 10.4. The van der Waals surface area contributed by atoms with E-state index in [0.29, 0.717) is 5.25 Å². The molecule has 1 unspecified atom stereocenters. The van der Waals surface area contributed by atoms with E-state index in [2.05, 4.69) is 40.2 Å². The van der Waals surface area contributed by atoms with Crippen LogP contribution in [0.3, 0.4) is 0 Å². The van der Waals surface area contributed by atoms with Crippen molar-refractivity contribution < 1.29 is 4.74 Å². The molecular weight excluding hydrogens is 244 g/mol. The van der Waals surface area contributed by atoms with Gasteiger partial charge in [-0.15, -0.1) is 0 Å². The number of hydrogen-bond acceptors (Lipinski definition) is 4. The van der Waals surface area contributed by atoms with Gasteiger partial charge in [-0.3, -0.25) is 4.99 Å². The lowest BCUT2D eigenvalue weighted by Gasteiger charge is -2.28. The average Bonchev–Trinajstić information content (AvgIpc) is 2.89. The van der Waals surface area contributed by atoms with Crippen molar-refractivity contribution >= 4 is 16.9 Å². The van der Waals surface area contributed by atoms with Gasteiger partial charge in [0.15, 0.2) is 5.17 Å².